The number of hydrogen-bond donors (Lipinski definition) is 0. The molecule has 2 fully saturated rings. The van der Waals surface area contributed by atoms with Crippen molar-refractivity contribution in [3.05, 3.63) is 59.7 Å². The van der Waals surface area contributed by atoms with Crippen molar-refractivity contribution in [1.82, 2.24) is 0 Å². The normalized spacial score (nSPS) is 26.1. The summed E-state index contributed by atoms with van der Waals surface area (Å²) in [6, 6.07) is 11.8. The Hall–Kier alpha value is -2.03. The van der Waals surface area contributed by atoms with Gasteiger partial charge < -0.3 is 4.79 Å². The second kappa shape index (κ2) is 8.14. The van der Waals surface area contributed by atoms with E-state index in [0.717, 1.165) is 61.0 Å². The first-order valence-electron chi connectivity index (χ1n) is 10.6. The van der Waals surface area contributed by atoms with Crippen LogP contribution in [0.2, 0.25) is 0 Å². The molecule has 0 bridgehead atoms. The van der Waals surface area contributed by atoms with Crippen molar-refractivity contribution in [3.63, 3.8) is 0 Å². The number of halogens is 2. The van der Waals surface area contributed by atoms with Gasteiger partial charge in [0.1, 0.15) is 6.29 Å². The van der Waals surface area contributed by atoms with Gasteiger partial charge in [-0.2, -0.15) is 0 Å². The van der Waals surface area contributed by atoms with E-state index in [4.69, 9.17) is 0 Å². The molecule has 0 saturated heterocycles. The minimum absolute atomic E-state index is 0.391. The molecule has 0 unspecified atom stereocenters. The van der Waals surface area contributed by atoms with Gasteiger partial charge in [0, 0.05) is 0 Å². The van der Waals surface area contributed by atoms with E-state index in [1.807, 2.05) is 24.3 Å². The summed E-state index contributed by atoms with van der Waals surface area (Å²) < 4.78 is 26.7. The molecule has 4 rings (SSSR count). The maximum absolute atomic E-state index is 13.5. The van der Waals surface area contributed by atoms with Gasteiger partial charge in [-0.05, 0) is 66.3 Å². The molecule has 3 heteroatoms. The Labute approximate surface area is 166 Å². The third-order valence-electron chi connectivity index (χ3n) is 7.18. The van der Waals surface area contributed by atoms with Crippen LogP contribution in [0.15, 0.2) is 42.5 Å². The number of hydrogen-bond acceptors (Lipinski definition) is 1. The highest BCUT2D eigenvalue weighted by molar-refractivity contribution is 5.71. The molecule has 1 nitrogen and oxygen atoms in total. The first-order chi connectivity index (χ1) is 13.6. The summed E-state index contributed by atoms with van der Waals surface area (Å²) in [7, 11) is 0. The molecule has 2 saturated carbocycles. The van der Waals surface area contributed by atoms with Gasteiger partial charge in [0.15, 0.2) is 11.6 Å². The lowest BCUT2D eigenvalue weighted by atomic mass is 9.63. The molecule has 0 radical (unpaired) electrons. The summed E-state index contributed by atoms with van der Waals surface area (Å²) >= 11 is 0. The maximum atomic E-state index is 13.5. The summed E-state index contributed by atoms with van der Waals surface area (Å²) in [5.74, 6) is -0.0500. The Kier molecular flexibility index (Phi) is 5.61. The zero-order valence-electron chi connectivity index (χ0n) is 16.3. The zero-order chi connectivity index (χ0) is 19.6. The highest BCUT2D eigenvalue weighted by atomic mass is 19.2. The average Bonchev–Trinajstić information content (AvgIpc) is 2.76. The lowest BCUT2D eigenvalue weighted by Gasteiger charge is -2.40. The van der Waals surface area contributed by atoms with Crippen LogP contribution in [0, 0.1) is 23.5 Å². The van der Waals surface area contributed by atoms with Gasteiger partial charge in [0.2, 0.25) is 0 Å². The molecule has 2 aromatic rings. The first-order valence-corrected chi connectivity index (χ1v) is 10.6. The van der Waals surface area contributed by atoms with Crippen molar-refractivity contribution in [3.8, 4) is 11.1 Å². The van der Waals surface area contributed by atoms with E-state index in [1.54, 1.807) is 6.07 Å². The lowest BCUT2D eigenvalue weighted by Crippen LogP contribution is -2.35. The smallest absolute Gasteiger partial charge is 0.159 e. The van der Waals surface area contributed by atoms with Gasteiger partial charge in [-0.15, -0.1) is 0 Å². The van der Waals surface area contributed by atoms with Crippen molar-refractivity contribution < 1.29 is 13.6 Å². The molecule has 148 valence electrons. The number of benzene rings is 2. The van der Waals surface area contributed by atoms with Crippen molar-refractivity contribution in [1.29, 1.82) is 0 Å². The number of carbonyl (C=O) groups excluding carboxylic acids is 1. The Balaban J connectivity index is 1.49. The Morgan fingerprint density at radius 2 is 1.36 bits per heavy atom. The van der Waals surface area contributed by atoms with E-state index < -0.39 is 17.0 Å². The summed E-state index contributed by atoms with van der Waals surface area (Å²) in [5.41, 5.74) is 2.14. The van der Waals surface area contributed by atoms with Crippen LogP contribution in [0.4, 0.5) is 8.78 Å². The van der Waals surface area contributed by atoms with E-state index >= 15 is 0 Å². The fourth-order valence-electron chi connectivity index (χ4n) is 5.38. The molecule has 0 atom stereocenters. The number of aldehydes is 1. The quantitative estimate of drug-likeness (QED) is 0.529. The molecular weight excluding hydrogens is 354 g/mol. The predicted octanol–water partition coefficient (Wildman–Crippen LogP) is 6.84. The molecule has 2 aliphatic carbocycles. The van der Waals surface area contributed by atoms with Crippen LogP contribution in [0.1, 0.15) is 63.4 Å². The molecule has 0 aliphatic heterocycles. The standard InChI is InChI=1S/C25H28F2O/c26-23-11-8-21(16-24(23)27)19-6-9-22(10-7-19)25(17-28)14-12-20(13-15-25)18-4-2-1-3-5-18/h6-11,16-18,20H,1-5,12-15H2/t20-,25-. The lowest BCUT2D eigenvalue weighted by molar-refractivity contribution is -0.114. The summed E-state index contributed by atoms with van der Waals surface area (Å²) in [6.07, 6.45) is 12.1. The number of carbonyl (C=O) groups is 1. The molecule has 0 amide bonds. The monoisotopic (exact) mass is 382 g/mol. The van der Waals surface area contributed by atoms with Crippen LogP contribution >= 0.6 is 0 Å². The van der Waals surface area contributed by atoms with Gasteiger partial charge in [0.25, 0.3) is 0 Å². The largest absolute Gasteiger partial charge is 0.302 e. The fraction of sp³-hybridized carbons (Fsp3) is 0.480. The van der Waals surface area contributed by atoms with Gasteiger partial charge in [-0.25, -0.2) is 8.78 Å². The van der Waals surface area contributed by atoms with Gasteiger partial charge in [-0.1, -0.05) is 62.4 Å². The third kappa shape index (κ3) is 3.76. The summed E-state index contributed by atoms with van der Waals surface area (Å²) in [5, 5.41) is 0. The third-order valence-corrected chi connectivity index (χ3v) is 7.18. The first kappa shape index (κ1) is 19.3. The maximum Gasteiger partial charge on any atom is 0.159 e. The zero-order valence-corrected chi connectivity index (χ0v) is 16.3. The summed E-state index contributed by atoms with van der Waals surface area (Å²) in [6.45, 7) is 0. The van der Waals surface area contributed by atoms with Crippen molar-refractivity contribution in [2.75, 3.05) is 0 Å². The van der Waals surface area contributed by atoms with Gasteiger partial charge >= 0.3 is 0 Å². The van der Waals surface area contributed by atoms with Crippen molar-refractivity contribution in [2.45, 2.75) is 63.2 Å². The second-order valence-electron chi connectivity index (χ2n) is 8.72. The van der Waals surface area contributed by atoms with Crippen LogP contribution in [-0.2, 0) is 10.2 Å². The van der Waals surface area contributed by atoms with Gasteiger partial charge in [-0.3, -0.25) is 0 Å². The number of rotatable bonds is 4. The Morgan fingerprint density at radius 1 is 0.750 bits per heavy atom. The highest BCUT2D eigenvalue weighted by Crippen LogP contribution is 2.45. The molecule has 0 heterocycles. The average molecular weight is 382 g/mol. The molecule has 0 spiro atoms. The Morgan fingerprint density at radius 3 is 1.96 bits per heavy atom. The van der Waals surface area contributed by atoms with Crippen LogP contribution < -0.4 is 0 Å². The van der Waals surface area contributed by atoms with Crippen LogP contribution in [-0.4, -0.2) is 6.29 Å². The van der Waals surface area contributed by atoms with E-state index in [9.17, 15) is 13.6 Å². The topological polar surface area (TPSA) is 17.1 Å². The SMILES string of the molecule is O=C[C@]1(c2ccc(-c3ccc(F)c(F)c3)cc2)CC[C@H](C2CCCCC2)CC1. The highest BCUT2D eigenvalue weighted by Gasteiger charge is 2.39. The molecule has 0 aromatic heterocycles. The van der Waals surface area contributed by atoms with E-state index in [0.29, 0.717) is 5.56 Å². The summed E-state index contributed by atoms with van der Waals surface area (Å²) in [4.78, 5) is 12.1. The molecule has 0 N–H and O–H groups in total. The van der Waals surface area contributed by atoms with E-state index in [-0.39, 0.29) is 0 Å². The molecular formula is C25H28F2O. The van der Waals surface area contributed by atoms with Crippen LogP contribution in [0.25, 0.3) is 11.1 Å². The Bertz CT molecular complexity index is 813. The van der Waals surface area contributed by atoms with E-state index in [1.165, 1.54) is 38.2 Å². The minimum Gasteiger partial charge on any atom is -0.302 e. The van der Waals surface area contributed by atoms with Crippen molar-refractivity contribution in [2.24, 2.45) is 11.8 Å². The molecule has 28 heavy (non-hydrogen) atoms. The molecule has 2 aromatic carbocycles. The molecule has 2 aliphatic rings. The van der Waals surface area contributed by atoms with Crippen molar-refractivity contribution >= 4 is 6.29 Å². The van der Waals surface area contributed by atoms with Crippen LogP contribution in [0.5, 0.6) is 0 Å². The minimum atomic E-state index is -0.841. The van der Waals surface area contributed by atoms with E-state index in [2.05, 4.69) is 0 Å². The fourth-order valence-corrected chi connectivity index (χ4v) is 5.38. The predicted molar refractivity (Wildman–Crippen MR) is 108 cm³/mol. The second-order valence-corrected chi connectivity index (χ2v) is 8.72. The van der Waals surface area contributed by atoms with Gasteiger partial charge in [0.05, 0.1) is 5.41 Å². The van der Waals surface area contributed by atoms with Crippen LogP contribution in [0.3, 0.4) is 0 Å².